The van der Waals surface area contributed by atoms with Gasteiger partial charge >= 0.3 is 0 Å². The first-order chi connectivity index (χ1) is 9.84. The number of amides is 1. The van der Waals surface area contributed by atoms with Crippen molar-refractivity contribution >= 4 is 23.4 Å². The average Bonchev–Trinajstić information content (AvgIpc) is 2.86. The predicted octanol–water partition coefficient (Wildman–Crippen LogP) is 3.51. The summed E-state index contributed by atoms with van der Waals surface area (Å²) in [6.45, 7) is 6.11. The molecule has 1 aromatic carbocycles. The molecule has 2 aromatic rings. The van der Waals surface area contributed by atoms with E-state index in [0.717, 1.165) is 4.90 Å². The molecule has 0 bridgehead atoms. The molecular weight excluding hydrogens is 289 g/mol. The van der Waals surface area contributed by atoms with Crippen LogP contribution in [-0.2, 0) is 10.3 Å². The third kappa shape index (κ3) is 4.60. The Bertz CT molecular complexity index is 617. The number of halogens is 1. The lowest BCUT2D eigenvalue weighted by molar-refractivity contribution is -0.113. The van der Waals surface area contributed by atoms with Gasteiger partial charge in [-0.3, -0.25) is 9.48 Å². The molecule has 1 N–H and O–H groups in total. The second-order valence-electron chi connectivity index (χ2n) is 5.64. The molecule has 21 heavy (non-hydrogen) atoms. The van der Waals surface area contributed by atoms with Crippen molar-refractivity contribution in [2.75, 3.05) is 11.1 Å². The number of carbonyl (C=O) groups is 1. The van der Waals surface area contributed by atoms with Crippen LogP contribution in [0.1, 0.15) is 20.8 Å². The van der Waals surface area contributed by atoms with Crippen molar-refractivity contribution in [2.45, 2.75) is 31.2 Å². The van der Waals surface area contributed by atoms with Gasteiger partial charge in [0.1, 0.15) is 5.82 Å². The van der Waals surface area contributed by atoms with Gasteiger partial charge in [-0.05, 0) is 45.0 Å². The van der Waals surface area contributed by atoms with Gasteiger partial charge in [0.2, 0.25) is 5.91 Å². The highest BCUT2D eigenvalue weighted by atomic mass is 32.2. The SMILES string of the molecule is CC(C)(C)n1cc(NC(=O)CSc2ccc(F)cc2)cn1. The summed E-state index contributed by atoms with van der Waals surface area (Å²) in [4.78, 5) is 12.7. The van der Waals surface area contributed by atoms with Gasteiger partial charge in [0.25, 0.3) is 0 Å². The standard InChI is InChI=1S/C15H18FN3OS/c1-15(2,3)19-9-12(8-17-19)18-14(20)10-21-13-6-4-11(16)5-7-13/h4-9H,10H2,1-3H3,(H,18,20). The maximum absolute atomic E-state index is 12.8. The molecule has 0 fully saturated rings. The van der Waals surface area contributed by atoms with Crippen molar-refractivity contribution in [3.8, 4) is 0 Å². The molecule has 0 radical (unpaired) electrons. The lowest BCUT2D eigenvalue weighted by Crippen LogP contribution is -2.22. The van der Waals surface area contributed by atoms with Gasteiger partial charge in [-0.1, -0.05) is 0 Å². The van der Waals surface area contributed by atoms with Crippen molar-refractivity contribution in [3.63, 3.8) is 0 Å². The van der Waals surface area contributed by atoms with Crippen molar-refractivity contribution in [3.05, 3.63) is 42.5 Å². The fourth-order valence-corrected chi connectivity index (χ4v) is 2.33. The largest absolute Gasteiger partial charge is 0.323 e. The summed E-state index contributed by atoms with van der Waals surface area (Å²) in [7, 11) is 0. The zero-order valence-corrected chi connectivity index (χ0v) is 13.1. The number of benzene rings is 1. The third-order valence-electron chi connectivity index (χ3n) is 2.74. The molecule has 112 valence electrons. The van der Waals surface area contributed by atoms with Gasteiger partial charge in [0.15, 0.2) is 0 Å². The number of carbonyl (C=O) groups excluding carboxylic acids is 1. The van der Waals surface area contributed by atoms with Crippen molar-refractivity contribution in [2.24, 2.45) is 0 Å². The van der Waals surface area contributed by atoms with E-state index in [4.69, 9.17) is 0 Å². The first-order valence-corrected chi connectivity index (χ1v) is 7.56. The van der Waals surface area contributed by atoms with E-state index in [1.54, 1.807) is 29.2 Å². The lowest BCUT2D eigenvalue weighted by Gasteiger charge is -2.18. The number of nitrogens with zero attached hydrogens (tertiary/aromatic N) is 2. The van der Waals surface area contributed by atoms with Crippen LogP contribution in [0.4, 0.5) is 10.1 Å². The molecule has 6 heteroatoms. The van der Waals surface area contributed by atoms with Crippen LogP contribution in [0.25, 0.3) is 0 Å². The Labute approximate surface area is 127 Å². The van der Waals surface area contributed by atoms with Crippen molar-refractivity contribution < 1.29 is 9.18 Å². The molecule has 2 rings (SSSR count). The summed E-state index contributed by atoms with van der Waals surface area (Å²) >= 11 is 1.36. The quantitative estimate of drug-likeness (QED) is 0.879. The predicted molar refractivity (Wildman–Crippen MR) is 83.0 cm³/mol. The van der Waals surface area contributed by atoms with Crippen LogP contribution in [0.15, 0.2) is 41.6 Å². The Morgan fingerprint density at radius 3 is 2.57 bits per heavy atom. The summed E-state index contributed by atoms with van der Waals surface area (Å²) in [6, 6.07) is 6.08. The minimum Gasteiger partial charge on any atom is -0.323 e. The van der Waals surface area contributed by atoms with E-state index in [1.807, 2.05) is 20.8 Å². The van der Waals surface area contributed by atoms with Crippen molar-refractivity contribution in [1.82, 2.24) is 9.78 Å². The Morgan fingerprint density at radius 1 is 1.33 bits per heavy atom. The summed E-state index contributed by atoms with van der Waals surface area (Å²) in [5.41, 5.74) is 0.556. The molecule has 1 heterocycles. The first kappa shape index (κ1) is 15.6. The molecule has 0 atom stereocenters. The third-order valence-corrected chi connectivity index (χ3v) is 3.75. The highest BCUT2D eigenvalue weighted by Crippen LogP contribution is 2.19. The van der Waals surface area contributed by atoms with Gasteiger partial charge in [0.05, 0.1) is 23.2 Å². The maximum atomic E-state index is 12.8. The van der Waals surface area contributed by atoms with E-state index >= 15 is 0 Å². The smallest absolute Gasteiger partial charge is 0.234 e. The number of hydrogen-bond donors (Lipinski definition) is 1. The lowest BCUT2D eigenvalue weighted by atomic mass is 10.1. The van der Waals surface area contributed by atoms with Gasteiger partial charge in [0, 0.05) is 11.1 Å². The average molecular weight is 307 g/mol. The highest BCUT2D eigenvalue weighted by Gasteiger charge is 2.14. The molecule has 0 aliphatic rings. The molecule has 0 saturated heterocycles. The number of thioether (sulfide) groups is 1. The van der Waals surface area contributed by atoms with Gasteiger partial charge in [-0.25, -0.2) is 4.39 Å². The zero-order chi connectivity index (χ0) is 15.5. The minimum absolute atomic E-state index is 0.113. The first-order valence-electron chi connectivity index (χ1n) is 6.58. The Hall–Kier alpha value is -1.82. The van der Waals surface area contributed by atoms with Crippen LogP contribution in [0.5, 0.6) is 0 Å². The van der Waals surface area contributed by atoms with E-state index in [1.165, 1.54) is 23.9 Å². The molecule has 0 aliphatic heterocycles. The van der Waals surface area contributed by atoms with Crippen LogP contribution in [-0.4, -0.2) is 21.4 Å². The van der Waals surface area contributed by atoms with E-state index < -0.39 is 0 Å². The van der Waals surface area contributed by atoms with Crippen LogP contribution >= 0.6 is 11.8 Å². The van der Waals surface area contributed by atoms with E-state index in [9.17, 15) is 9.18 Å². The molecule has 0 spiro atoms. The van der Waals surface area contributed by atoms with Gasteiger partial charge in [-0.15, -0.1) is 11.8 Å². The van der Waals surface area contributed by atoms with Crippen LogP contribution in [0, 0.1) is 5.82 Å². The van der Waals surface area contributed by atoms with Crippen LogP contribution < -0.4 is 5.32 Å². The van der Waals surface area contributed by atoms with E-state index in [0.29, 0.717) is 5.69 Å². The summed E-state index contributed by atoms with van der Waals surface area (Å²) in [6.07, 6.45) is 3.44. The number of rotatable bonds is 4. The Balaban J connectivity index is 1.87. The Kier molecular flexibility index (Phi) is 4.67. The number of aromatic nitrogens is 2. The summed E-state index contributed by atoms with van der Waals surface area (Å²) in [5, 5.41) is 7.02. The van der Waals surface area contributed by atoms with Crippen molar-refractivity contribution in [1.29, 1.82) is 0 Å². The number of hydrogen-bond acceptors (Lipinski definition) is 3. The number of nitrogens with one attached hydrogen (secondary N) is 1. The van der Waals surface area contributed by atoms with Gasteiger partial charge < -0.3 is 5.32 Å². The topological polar surface area (TPSA) is 46.9 Å². The molecule has 0 aliphatic carbocycles. The maximum Gasteiger partial charge on any atom is 0.234 e. The monoisotopic (exact) mass is 307 g/mol. The van der Waals surface area contributed by atoms with E-state index in [-0.39, 0.29) is 23.0 Å². The number of anilines is 1. The fraction of sp³-hybridized carbons (Fsp3) is 0.333. The highest BCUT2D eigenvalue weighted by molar-refractivity contribution is 8.00. The molecule has 0 unspecified atom stereocenters. The van der Waals surface area contributed by atoms with E-state index in [2.05, 4.69) is 10.4 Å². The molecule has 4 nitrogen and oxygen atoms in total. The Morgan fingerprint density at radius 2 is 2.00 bits per heavy atom. The molecule has 1 amide bonds. The summed E-state index contributed by atoms with van der Waals surface area (Å²) < 4.78 is 14.6. The normalized spacial score (nSPS) is 11.4. The molecule has 0 saturated carbocycles. The minimum atomic E-state index is -0.279. The second-order valence-corrected chi connectivity index (χ2v) is 6.68. The zero-order valence-electron chi connectivity index (χ0n) is 12.3. The summed E-state index contributed by atoms with van der Waals surface area (Å²) in [5.74, 6) is -0.122. The van der Waals surface area contributed by atoms with Crippen LogP contribution in [0.3, 0.4) is 0 Å². The second kappa shape index (κ2) is 6.30. The fourth-order valence-electron chi connectivity index (χ4n) is 1.63. The van der Waals surface area contributed by atoms with Crippen LogP contribution in [0.2, 0.25) is 0 Å². The molecule has 1 aromatic heterocycles. The molecular formula is C15H18FN3OS. The van der Waals surface area contributed by atoms with Gasteiger partial charge in [-0.2, -0.15) is 5.10 Å².